The second kappa shape index (κ2) is 7.13. The Bertz CT molecular complexity index is 696. The number of imide groups is 1. The lowest BCUT2D eigenvalue weighted by Crippen LogP contribution is -2.44. The Hall–Kier alpha value is -2.57. The fourth-order valence-corrected chi connectivity index (χ4v) is 3.14. The van der Waals surface area contributed by atoms with Crippen molar-refractivity contribution in [1.82, 2.24) is 15.5 Å². The largest absolute Gasteiger partial charge is 0.490 e. The number of hydrogen-bond donors (Lipinski definition) is 2. The van der Waals surface area contributed by atoms with Crippen LogP contribution in [0.2, 0.25) is 0 Å². The van der Waals surface area contributed by atoms with Gasteiger partial charge < -0.3 is 15.0 Å². The van der Waals surface area contributed by atoms with Gasteiger partial charge in [0.15, 0.2) is 0 Å². The zero-order chi connectivity index (χ0) is 18.0. The smallest absolute Gasteiger partial charge is 0.322 e. The van der Waals surface area contributed by atoms with Crippen molar-refractivity contribution in [3.63, 3.8) is 0 Å². The Kier molecular flexibility index (Phi) is 4.92. The summed E-state index contributed by atoms with van der Waals surface area (Å²) in [6.07, 6.45) is 1.59. The van der Waals surface area contributed by atoms with Crippen LogP contribution in [-0.4, -0.2) is 48.0 Å². The van der Waals surface area contributed by atoms with Gasteiger partial charge in [0.1, 0.15) is 17.9 Å². The zero-order valence-electron chi connectivity index (χ0n) is 14.5. The predicted octanol–water partition coefficient (Wildman–Crippen LogP) is 1.27. The molecular weight excluding hydrogens is 322 g/mol. The minimum Gasteiger partial charge on any atom is -0.490 e. The van der Waals surface area contributed by atoms with E-state index in [2.05, 4.69) is 16.7 Å². The summed E-state index contributed by atoms with van der Waals surface area (Å²) in [5, 5.41) is 4.59. The fraction of sp³-hybridized carbons (Fsp3) is 0.500. The number of benzene rings is 1. The second-order valence-electron chi connectivity index (χ2n) is 6.69. The van der Waals surface area contributed by atoms with Crippen molar-refractivity contribution < 1.29 is 19.1 Å². The van der Waals surface area contributed by atoms with E-state index < -0.39 is 18.0 Å². The molecule has 2 heterocycles. The van der Waals surface area contributed by atoms with E-state index in [1.807, 2.05) is 26.0 Å². The van der Waals surface area contributed by atoms with Crippen molar-refractivity contribution in [2.45, 2.75) is 45.3 Å². The zero-order valence-corrected chi connectivity index (χ0v) is 14.5. The van der Waals surface area contributed by atoms with Gasteiger partial charge in [-0.2, -0.15) is 0 Å². The number of carbonyl (C=O) groups excluding carboxylic acids is 3. The molecule has 0 aliphatic carbocycles. The number of piperidine rings is 1. The fourth-order valence-electron chi connectivity index (χ4n) is 3.14. The molecule has 0 bridgehead atoms. The van der Waals surface area contributed by atoms with E-state index in [1.54, 1.807) is 4.90 Å². The van der Waals surface area contributed by atoms with E-state index in [9.17, 15) is 14.4 Å². The van der Waals surface area contributed by atoms with E-state index in [1.165, 1.54) is 0 Å². The van der Waals surface area contributed by atoms with Crippen LogP contribution < -0.4 is 15.4 Å². The highest BCUT2D eigenvalue weighted by Crippen LogP contribution is 2.24. The standard InChI is InChI=1S/C18H23N3O4/c1-11-3-4-12(2)15(9-11)25-13-5-7-21(8-6-13)16(22)10-14-17(23)20-18(24)19-14/h3-4,9,13-14H,5-8,10H2,1-2H3,(H2,19,20,23,24). The number of aryl methyl sites for hydroxylation is 2. The van der Waals surface area contributed by atoms with E-state index in [4.69, 9.17) is 4.74 Å². The molecule has 7 nitrogen and oxygen atoms in total. The number of rotatable bonds is 4. The van der Waals surface area contributed by atoms with Crippen LogP contribution in [0.4, 0.5) is 4.79 Å². The van der Waals surface area contributed by atoms with Crippen molar-refractivity contribution in [3.8, 4) is 5.75 Å². The Labute approximate surface area is 146 Å². The Morgan fingerprint density at radius 3 is 2.60 bits per heavy atom. The minimum absolute atomic E-state index is 0.0000846. The lowest BCUT2D eigenvalue weighted by molar-refractivity contribution is -0.135. The normalized spacial score (nSPS) is 21.0. The van der Waals surface area contributed by atoms with E-state index in [0.717, 1.165) is 29.7 Å². The van der Waals surface area contributed by atoms with E-state index in [0.29, 0.717) is 13.1 Å². The molecule has 2 aliphatic rings. The molecule has 4 amide bonds. The van der Waals surface area contributed by atoms with Crippen LogP contribution in [0.3, 0.4) is 0 Å². The van der Waals surface area contributed by atoms with Crippen molar-refractivity contribution >= 4 is 17.8 Å². The summed E-state index contributed by atoms with van der Waals surface area (Å²) in [5.74, 6) is 0.342. The van der Waals surface area contributed by atoms with Gasteiger partial charge in [-0.25, -0.2) is 4.79 Å². The molecule has 0 spiro atoms. The molecule has 134 valence electrons. The number of hydrogen-bond acceptors (Lipinski definition) is 4. The summed E-state index contributed by atoms with van der Waals surface area (Å²) in [5.41, 5.74) is 2.26. The molecule has 1 atom stereocenters. The first kappa shape index (κ1) is 17.3. The highest BCUT2D eigenvalue weighted by atomic mass is 16.5. The summed E-state index contributed by atoms with van der Waals surface area (Å²) >= 11 is 0. The first-order valence-corrected chi connectivity index (χ1v) is 8.55. The van der Waals surface area contributed by atoms with Gasteiger partial charge in [-0.3, -0.25) is 14.9 Å². The average molecular weight is 345 g/mol. The molecule has 2 N–H and O–H groups in total. The molecule has 25 heavy (non-hydrogen) atoms. The maximum absolute atomic E-state index is 12.3. The van der Waals surface area contributed by atoms with E-state index in [-0.39, 0.29) is 18.4 Å². The predicted molar refractivity (Wildman–Crippen MR) is 91.2 cm³/mol. The maximum Gasteiger partial charge on any atom is 0.322 e. The van der Waals surface area contributed by atoms with Gasteiger partial charge in [-0.15, -0.1) is 0 Å². The van der Waals surface area contributed by atoms with Gasteiger partial charge in [-0.1, -0.05) is 12.1 Å². The molecule has 1 unspecified atom stereocenters. The molecule has 3 rings (SSSR count). The number of ether oxygens (including phenoxy) is 1. The number of amides is 4. The van der Waals surface area contributed by atoms with Crippen molar-refractivity contribution in [2.75, 3.05) is 13.1 Å². The van der Waals surface area contributed by atoms with Crippen LogP contribution in [-0.2, 0) is 9.59 Å². The van der Waals surface area contributed by atoms with Crippen molar-refractivity contribution in [2.24, 2.45) is 0 Å². The monoisotopic (exact) mass is 345 g/mol. The first-order valence-electron chi connectivity index (χ1n) is 8.55. The molecule has 0 saturated carbocycles. The lowest BCUT2D eigenvalue weighted by atomic mass is 10.1. The van der Waals surface area contributed by atoms with Gasteiger partial charge in [0.25, 0.3) is 5.91 Å². The Morgan fingerprint density at radius 2 is 1.96 bits per heavy atom. The third-order valence-electron chi connectivity index (χ3n) is 4.67. The first-order chi connectivity index (χ1) is 11.9. The lowest BCUT2D eigenvalue weighted by Gasteiger charge is -2.33. The summed E-state index contributed by atoms with van der Waals surface area (Å²) in [6.45, 7) is 5.24. The third-order valence-corrected chi connectivity index (χ3v) is 4.67. The number of urea groups is 1. The van der Waals surface area contributed by atoms with Crippen LogP contribution in [0, 0.1) is 13.8 Å². The summed E-state index contributed by atoms with van der Waals surface area (Å²) in [6, 6.07) is 4.84. The summed E-state index contributed by atoms with van der Waals surface area (Å²) in [4.78, 5) is 36.7. The SMILES string of the molecule is Cc1ccc(C)c(OC2CCN(C(=O)CC3NC(=O)NC3=O)CC2)c1. The van der Waals surface area contributed by atoms with Crippen LogP contribution in [0.1, 0.15) is 30.4 Å². The molecule has 2 saturated heterocycles. The van der Waals surface area contributed by atoms with Gasteiger partial charge >= 0.3 is 6.03 Å². The topological polar surface area (TPSA) is 87.7 Å². The molecule has 2 aliphatic heterocycles. The average Bonchev–Trinajstić information content (AvgIpc) is 2.89. The summed E-state index contributed by atoms with van der Waals surface area (Å²) < 4.78 is 6.10. The molecule has 0 radical (unpaired) electrons. The molecule has 0 aromatic heterocycles. The van der Waals surface area contributed by atoms with Gasteiger partial charge in [0.05, 0.1) is 6.42 Å². The minimum atomic E-state index is -0.760. The molecule has 7 heteroatoms. The van der Waals surface area contributed by atoms with Crippen molar-refractivity contribution in [3.05, 3.63) is 29.3 Å². The highest BCUT2D eigenvalue weighted by molar-refractivity contribution is 6.05. The van der Waals surface area contributed by atoms with E-state index >= 15 is 0 Å². The number of carbonyl (C=O) groups is 3. The second-order valence-corrected chi connectivity index (χ2v) is 6.69. The Morgan fingerprint density at radius 1 is 1.24 bits per heavy atom. The molecule has 1 aromatic rings. The van der Waals surface area contributed by atoms with Gasteiger partial charge in [-0.05, 0) is 31.0 Å². The van der Waals surface area contributed by atoms with Crippen LogP contribution >= 0.6 is 0 Å². The molecular formula is C18H23N3O4. The quantitative estimate of drug-likeness (QED) is 0.805. The Balaban J connectivity index is 1.50. The van der Waals surface area contributed by atoms with Crippen LogP contribution in [0.5, 0.6) is 5.75 Å². The number of nitrogens with zero attached hydrogens (tertiary/aromatic N) is 1. The molecule has 2 fully saturated rings. The van der Waals surface area contributed by atoms with Gasteiger partial charge in [0, 0.05) is 25.9 Å². The number of nitrogens with one attached hydrogen (secondary N) is 2. The number of likely N-dealkylation sites (tertiary alicyclic amines) is 1. The van der Waals surface area contributed by atoms with Crippen molar-refractivity contribution in [1.29, 1.82) is 0 Å². The van der Waals surface area contributed by atoms with Crippen LogP contribution in [0.25, 0.3) is 0 Å². The summed E-state index contributed by atoms with van der Waals surface area (Å²) in [7, 11) is 0. The maximum atomic E-state index is 12.3. The highest BCUT2D eigenvalue weighted by Gasteiger charge is 2.33. The molecule has 1 aromatic carbocycles. The third kappa shape index (κ3) is 4.10. The van der Waals surface area contributed by atoms with Gasteiger partial charge in [0.2, 0.25) is 5.91 Å². The van der Waals surface area contributed by atoms with Crippen LogP contribution in [0.15, 0.2) is 18.2 Å².